The number of hydrogen-bond acceptors (Lipinski definition) is 6. The zero-order chi connectivity index (χ0) is 13.4. The molecule has 0 N–H and O–H groups in total. The van der Waals surface area contributed by atoms with Crippen molar-refractivity contribution in [1.82, 2.24) is 5.06 Å². The molecular weight excluding hydrogens is 254 g/mol. The van der Waals surface area contributed by atoms with Gasteiger partial charge in [-0.25, -0.2) is 4.79 Å². The summed E-state index contributed by atoms with van der Waals surface area (Å²) >= 11 is 0. The number of ether oxygens (including phenoxy) is 2. The predicted octanol–water partition coefficient (Wildman–Crippen LogP) is 0.771. The summed E-state index contributed by atoms with van der Waals surface area (Å²) in [5.41, 5.74) is 0. The zero-order valence-electron chi connectivity index (χ0n) is 10.4. The van der Waals surface area contributed by atoms with E-state index in [-0.39, 0.29) is 25.0 Å². The molecule has 2 saturated heterocycles. The summed E-state index contributed by atoms with van der Waals surface area (Å²) < 4.78 is 10.6. The molecule has 3 atom stereocenters. The maximum Gasteiger partial charge on any atom is 0.534 e. The molecule has 3 aliphatic rings. The van der Waals surface area contributed by atoms with Gasteiger partial charge in [-0.15, -0.1) is 0 Å². The Balaban J connectivity index is 1.49. The summed E-state index contributed by atoms with van der Waals surface area (Å²) in [7, 11) is 0. The third-order valence-electron chi connectivity index (χ3n) is 3.84. The van der Waals surface area contributed by atoms with E-state index in [1.807, 2.05) is 0 Å². The largest absolute Gasteiger partial charge is 0.534 e. The first-order valence-electron chi connectivity index (χ1n) is 6.49. The fraction of sp³-hybridized carbons (Fsp3) is 0.750. The maximum absolute atomic E-state index is 11.5. The average molecular weight is 269 g/mol. The van der Waals surface area contributed by atoms with E-state index in [2.05, 4.69) is 4.84 Å². The SMILES string of the molecule is O=C(OC1CC2CCOC2C1)ON1C(=O)CCC1=O. The molecule has 0 aromatic rings. The predicted molar refractivity (Wildman–Crippen MR) is 59.5 cm³/mol. The van der Waals surface area contributed by atoms with E-state index in [1.54, 1.807) is 0 Å². The fourth-order valence-electron chi connectivity index (χ4n) is 2.90. The molecule has 1 saturated carbocycles. The van der Waals surface area contributed by atoms with E-state index in [1.165, 1.54) is 0 Å². The minimum Gasteiger partial charge on any atom is -0.429 e. The number of carbonyl (C=O) groups excluding carboxylic acids is 3. The summed E-state index contributed by atoms with van der Waals surface area (Å²) in [5, 5.41) is 0.495. The third kappa shape index (κ3) is 2.42. The van der Waals surface area contributed by atoms with E-state index in [9.17, 15) is 14.4 Å². The van der Waals surface area contributed by atoms with Crippen LogP contribution in [0.15, 0.2) is 0 Å². The Morgan fingerprint density at radius 3 is 2.63 bits per heavy atom. The summed E-state index contributed by atoms with van der Waals surface area (Å²) in [5.74, 6) is -0.574. The Morgan fingerprint density at radius 2 is 1.95 bits per heavy atom. The molecule has 2 aliphatic heterocycles. The molecule has 3 unspecified atom stereocenters. The summed E-state index contributed by atoms with van der Waals surface area (Å²) in [6, 6.07) is 0. The van der Waals surface area contributed by atoms with Crippen molar-refractivity contribution in [3.8, 4) is 0 Å². The Kier molecular flexibility index (Phi) is 3.14. The quantitative estimate of drug-likeness (QED) is 0.544. The Bertz CT molecular complexity index is 394. The Hall–Kier alpha value is -1.63. The van der Waals surface area contributed by atoms with E-state index in [4.69, 9.17) is 9.47 Å². The smallest absolute Gasteiger partial charge is 0.429 e. The van der Waals surface area contributed by atoms with Gasteiger partial charge in [-0.3, -0.25) is 14.4 Å². The number of hydroxylamine groups is 2. The highest BCUT2D eigenvalue weighted by molar-refractivity contribution is 6.01. The topological polar surface area (TPSA) is 82.1 Å². The van der Waals surface area contributed by atoms with Crippen molar-refractivity contribution < 1.29 is 28.7 Å². The summed E-state index contributed by atoms with van der Waals surface area (Å²) in [4.78, 5) is 38.7. The van der Waals surface area contributed by atoms with Gasteiger partial charge in [-0.1, -0.05) is 5.06 Å². The number of amides is 2. The molecule has 1 aliphatic carbocycles. The molecule has 104 valence electrons. The van der Waals surface area contributed by atoms with Crippen LogP contribution in [0.5, 0.6) is 0 Å². The standard InChI is InChI=1S/C12H15NO6/c14-10-1-2-11(15)13(10)19-12(16)18-8-5-7-3-4-17-9(7)6-8/h7-9H,1-6H2. The highest BCUT2D eigenvalue weighted by Crippen LogP contribution is 2.37. The minimum atomic E-state index is -0.992. The van der Waals surface area contributed by atoms with Gasteiger partial charge >= 0.3 is 6.16 Å². The van der Waals surface area contributed by atoms with Crippen LogP contribution in [-0.4, -0.2) is 41.8 Å². The molecule has 7 heteroatoms. The van der Waals surface area contributed by atoms with Gasteiger partial charge in [0.15, 0.2) is 0 Å². The van der Waals surface area contributed by atoms with E-state index in [0.717, 1.165) is 19.4 Å². The summed E-state index contributed by atoms with van der Waals surface area (Å²) in [6.07, 6.45) is 1.46. The minimum absolute atomic E-state index is 0.0769. The first kappa shape index (κ1) is 12.4. The van der Waals surface area contributed by atoms with E-state index in [0.29, 0.717) is 17.4 Å². The molecule has 0 radical (unpaired) electrons. The number of fused-ring (bicyclic) bond motifs is 1. The molecule has 0 spiro atoms. The van der Waals surface area contributed by atoms with Crippen LogP contribution in [0.4, 0.5) is 4.79 Å². The van der Waals surface area contributed by atoms with Crippen molar-refractivity contribution in [2.45, 2.75) is 44.3 Å². The lowest BCUT2D eigenvalue weighted by atomic mass is 10.1. The molecule has 0 aromatic heterocycles. The van der Waals surface area contributed by atoms with Gasteiger partial charge in [0, 0.05) is 25.9 Å². The van der Waals surface area contributed by atoms with Crippen molar-refractivity contribution in [2.24, 2.45) is 5.92 Å². The molecule has 2 amide bonds. The van der Waals surface area contributed by atoms with Gasteiger partial charge in [-0.2, -0.15) is 0 Å². The van der Waals surface area contributed by atoms with Gasteiger partial charge in [0.1, 0.15) is 6.10 Å². The van der Waals surface area contributed by atoms with Gasteiger partial charge in [0.2, 0.25) is 0 Å². The monoisotopic (exact) mass is 269 g/mol. The molecule has 0 bridgehead atoms. The van der Waals surface area contributed by atoms with Crippen LogP contribution in [0, 0.1) is 5.92 Å². The van der Waals surface area contributed by atoms with Gasteiger partial charge in [-0.05, 0) is 18.8 Å². The second-order valence-corrected chi connectivity index (χ2v) is 5.09. The van der Waals surface area contributed by atoms with Crippen molar-refractivity contribution in [1.29, 1.82) is 0 Å². The van der Waals surface area contributed by atoms with E-state index < -0.39 is 18.0 Å². The molecule has 7 nitrogen and oxygen atoms in total. The normalized spacial score (nSPS) is 33.7. The van der Waals surface area contributed by atoms with Gasteiger partial charge in [0.05, 0.1) is 6.10 Å². The van der Waals surface area contributed by atoms with Gasteiger partial charge in [0.25, 0.3) is 11.8 Å². The van der Waals surface area contributed by atoms with Crippen molar-refractivity contribution in [2.75, 3.05) is 6.61 Å². The van der Waals surface area contributed by atoms with Crippen LogP contribution in [0.1, 0.15) is 32.1 Å². The second kappa shape index (κ2) is 4.80. The van der Waals surface area contributed by atoms with Crippen LogP contribution in [-0.2, 0) is 23.9 Å². The lowest BCUT2D eigenvalue weighted by Crippen LogP contribution is -2.33. The van der Waals surface area contributed by atoms with Crippen LogP contribution in [0.25, 0.3) is 0 Å². The lowest BCUT2D eigenvalue weighted by molar-refractivity contribution is -0.178. The maximum atomic E-state index is 11.5. The number of imide groups is 1. The molecule has 3 fully saturated rings. The van der Waals surface area contributed by atoms with Gasteiger partial charge < -0.3 is 9.47 Å². The Labute approximate surface area is 109 Å². The van der Waals surface area contributed by atoms with Crippen LogP contribution < -0.4 is 0 Å². The highest BCUT2D eigenvalue weighted by atomic mass is 16.8. The molecule has 2 heterocycles. The number of carbonyl (C=O) groups is 3. The summed E-state index contributed by atoms with van der Waals surface area (Å²) in [6.45, 7) is 0.767. The molecular formula is C12H15NO6. The zero-order valence-corrected chi connectivity index (χ0v) is 10.4. The van der Waals surface area contributed by atoms with Crippen LogP contribution in [0.2, 0.25) is 0 Å². The number of nitrogens with zero attached hydrogens (tertiary/aromatic N) is 1. The number of hydrogen-bond donors (Lipinski definition) is 0. The number of rotatable bonds is 2. The third-order valence-corrected chi connectivity index (χ3v) is 3.84. The van der Waals surface area contributed by atoms with Crippen LogP contribution >= 0.6 is 0 Å². The van der Waals surface area contributed by atoms with Crippen LogP contribution in [0.3, 0.4) is 0 Å². The molecule has 0 aromatic carbocycles. The first-order chi connectivity index (χ1) is 9.13. The van der Waals surface area contributed by atoms with Crippen molar-refractivity contribution in [3.63, 3.8) is 0 Å². The lowest BCUT2D eigenvalue weighted by Gasteiger charge is -2.16. The van der Waals surface area contributed by atoms with Crippen molar-refractivity contribution in [3.05, 3.63) is 0 Å². The second-order valence-electron chi connectivity index (χ2n) is 5.09. The Morgan fingerprint density at radius 1 is 1.21 bits per heavy atom. The molecule has 3 rings (SSSR count). The molecule has 19 heavy (non-hydrogen) atoms. The average Bonchev–Trinajstić information content (AvgIpc) is 2.99. The fourth-order valence-corrected chi connectivity index (χ4v) is 2.90. The highest BCUT2D eigenvalue weighted by Gasteiger charge is 2.41. The van der Waals surface area contributed by atoms with Crippen molar-refractivity contribution >= 4 is 18.0 Å². The van der Waals surface area contributed by atoms with E-state index >= 15 is 0 Å². The first-order valence-corrected chi connectivity index (χ1v) is 6.49.